The summed E-state index contributed by atoms with van der Waals surface area (Å²) in [6.45, 7) is 2.49. The Morgan fingerprint density at radius 2 is 2.50 bits per heavy atom. The maximum absolute atomic E-state index is 11.8. The second-order valence-corrected chi connectivity index (χ2v) is 4.69. The molecule has 5 heteroatoms. The van der Waals surface area contributed by atoms with Gasteiger partial charge < -0.3 is 4.42 Å². The molecule has 0 bridgehead atoms. The van der Waals surface area contributed by atoms with E-state index in [-0.39, 0.29) is 5.91 Å². The summed E-state index contributed by atoms with van der Waals surface area (Å²) in [6.07, 6.45) is 3.22. The molecule has 1 aliphatic rings. The molecular weight excluding hydrogens is 242 g/mol. The first-order valence-corrected chi connectivity index (χ1v) is 5.98. The fraction of sp³-hybridized carbons (Fsp3) is 0.182. The third kappa shape index (κ3) is 2.11. The number of thioether (sulfide) groups is 1. The summed E-state index contributed by atoms with van der Waals surface area (Å²) in [5.41, 5.74) is 2.91. The molecule has 0 spiro atoms. The van der Waals surface area contributed by atoms with Crippen molar-refractivity contribution in [2.24, 2.45) is 0 Å². The van der Waals surface area contributed by atoms with Gasteiger partial charge in [-0.1, -0.05) is 17.9 Å². The minimum Gasteiger partial charge on any atom is -0.464 e. The number of rotatable bonds is 2. The van der Waals surface area contributed by atoms with Gasteiger partial charge >= 0.3 is 0 Å². The van der Waals surface area contributed by atoms with E-state index in [4.69, 9.17) is 16.6 Å². The van der Waals surface area contributed by atoms with Gasteiger partial charge in [0.15, 0.2) is 0 Å². The summed E-state index contributed by atoms with van der Waals surface area (Å²) >= 11 is 6.35. The zero-order valence-electron chi connectivity index (χ0n) is 8.60. The summed E-state index contributed by atoms with van der Waals surface area (Å²) in [5, 5.41) is 0. The van der Waals surface area contributed by atoms with Crippen LogP contribution in [0.5, 0.6) is 0 Å². The summed E-state index contributed by atoms with van der Waals surface area (Å²) < 4.78 is 5.70. The van der Waals surface area contributed by atoms with Crippen molar-refractivity contribution >= 4 is 40.3 Å². The lowest BCUT2D eigenvalue weighted by Crippen LogP contribution is -2.27. The highest BCUT2D eigenvalue weighted by Crippen LogP contribution is 2.29. The van der Waals surface area contributed by atoms with Crippen LogP contribution in [0.15, 0.2) is 33.4 Å². The SMILES string of the molecule is CCN1C(=O)C(=C=Cc2ccco2)SC1=S. The summed E-state index contributed by atoms with van der Waals surface area (Å²) in [7, 11) is 0. The van der Waals surface area contributed by atoms with Gasteiger partial charge in [0.1, 0.15) is 15.0 Å². The van der Waals surface area contributed by atoms with E-state index in [0.717, 1.165) is 0 Å². The van der Waals surface area contributed by atoms with Gasteiger partial charge in [-0.05, 0) is 30.8 Å². The first kappa shape index (κ1) is 11.2. The Morgan fingerprint density at radius 1 is 1.69 bits per heavy atom. The number of amides is 1. The number of furan rings is 1. The standard InChI is InChI=1S/C11H9NO2S2/c1-2-12-10(13)9(16-11(12)15)6-5-8-4-3-7-14-8/h3-5,7H,2H2,1H3. The Labute approximate surface area is 103 Å². The van der Waals surface area contributed by atoms with Crippen LogP contribution in [-0.4, -0.2) is 21.7 Å². The maximum atomic E-state index is 11.8. The van der Waals surface area contributed by atoms with E-state index in [1.807, 2.05) is 6.92 Å². The van der Waals surface area contributed by atoms with E-state index in [1.165, 1.54) is 11.8 Å². The van der Waals surface area contributed by atoms with Crippen LogP contribution in [-0.2, 0) is 4.79 Å². The van der Waals surface area contributed by atoms with Crippen LogP contribution in [0.2, 0.25) is 0 Å². The predicted molar refractivity (Wildman–Crippen MR) is 67.8 cm³/mol. The molecule has 1 aliphatic heterocycles. The number of nitrogens with zero attached hydrogens (tertiary/aromatic N) is 1. The van der Waals surface area contributed by atoms with Crippen molar-refractivity contribution in [3.8, 4) is 0 Å². The third-order valence-electron chi connectivity index (χ3n) is 2.05. The topological polar surface area (TPSA) is 33.5 Å². The van der Waals surface area contributed by atoms with E-state index < -0.39 is 0 Å². The molecule has 0 N–H and O–H groups in total. The van der Waals surface area contributed by atoms with Crippen molar-refractivity contribution in [3.63, 3.8) is 0 Å². The van der Waals surface area contributed by atoms with E-state index in [9.17, 15) is 4.79 Å². The molecule has 1 aromatic heterocycles. The van der Waals surface area contributed by atoms with Crippen LogP contribution in [0.4, 0.5) is 0 Å². The number of likely N-dealkylation sites (N-methyl/N-ethyl adjacent to an activating group) is 1. The van der Waals surface area contributed by atoms with Gasteiger partial charge in [0.2, 0.25) is 0 Å². The molecule has 16 heavy (non-hydrogen) atoms. The van der Waals surface area contributed by atoms with Crippen LogP contribution in [0.3, 0.4) is 0 Å². The van der Waals surface area contributed by atoms with Gasteiger partial charge in [-0.25, -0.2) is 0 Å². The van der Waals surface area contributed by atoms with Crippen molar-refractivity contribution in [3.05, 3.63) is 34.8 Å². The van der Waals surface area contributed by atoms with Gasteiger partial charge in [0.05, 0.1) is 6.26 Å². The molecule has 82 valence electrons. The van der Waals surface area contributed by atoms with Crippen LogP contribution in [0.25, 0.3) is 6.08 Å². The first-order chi connectivity index (χ1) is 7.72. The highest BCUT2D eigenvalue weighted by atomic mass is 32.2. The molecule has 0 radical (unpaired) electrons. The first-order valence-electron chi connectivity index (χ1n) is 4.76. The average Bonchev–Trinajstić information content (AvgIpc) is 2.85. The van der Waals surface area contributed by atoms with Crippen molar-refractivity contribution in [2.75, 3.05) is 6.54 Å². The largest absolute Gasteiger partial charge is 0.464 e. The molecule has 0 unspecified atom stereocenters. The van der Waals surface area contributed by atoms with Crippen molar-refractivity contribution in [1.82, 2.24) is 4.90 Å². The van der Waals surface area contributed by atoms with Gasteiger partial charge in [0.25, 0.3) is 5.91 Å². The maximum Gasteiger partial charge on any atom is 0.274 e. The summed E-state index contributed by atoms with van der Waals surface area (Å²) in [6, 6.07) is 3.58. The molecule has 1 aromatic rings. The number of hydrogen-bond donors (Lipinski definition) is 0. The van der Waals surface area contributed by atoms with E-state index in [0.29, 0.717) is 21.5 Å². The second kappa shape index (κ2) is 4.70. The van der Waals surface area contributed by atoms with E-state index in [1.54, 1.807) is 29.4 Å². The monoisotopic (exact) mass is 251 g/mol. The average molecular weight is 251 g/mol. The van der Waals surface area contributed by atoms with Crippen molar-refractivity contribution < 1.29 is 9.21 Å². The zero-order chi connectivity index (χ0) is 11.5. The number of carbonyl (C=O) groups is 1. The number of thiocarbonyl (C=S) groups is 1. The predicted octanol–water partition coefficient (Wildman–Crippen LogP) is 2.66. The number of hydrogen-bond acceptors (Lipinski definition) is 4. The molecule has 0 atom stereocenters. The second-order valence-electron chi connectivity index (χ2n) is 3.05. The molecule has 1 amide bonds. The van der Waals surface area contributed by atoms with Gasteiger partial charge in [-0.3, -0.25) is 9.69 Å². The van der Waals surface area contributed by atoms with Crippen LogP contribution in [0, 0.1) is 0 Å². The summed E-state index contributed by atoms with van der Waals surface area (Å²) in [4.78, 5) is 13.8. The minimum absolute atomic E-state index is 0.0830. The van der Waals surface area contributed by atoms with Gasteiger partial charge in [-0.2, -0.15) is 0 Å². The lowest BCUT2D eigenvalue weighted by Gasteiger charge is -2.09. The van der Waals surface area contributed by atoms with Crippen LogP contribution in [0.1, 0.15) is 12.7 Å². The van der Waals surface area contributed by atoms with E-state index >= 15 is 0 Å². The van der Waals surface area contributed by atoms with Crippen LogP contribution >= 0.6 is 24.0 Å². The Kier molecular flexibility index (Phi) is 3.29. The fourth-order valence-corrected chi connectivity index (χ4v) is 2.54. The minimum atomic E-state index is -0.0830. The van der Waals surface area contributed by atoms with E-state index in [2.05, 4.69) is 5.73 Å². The molecule has 2 heterocycles. The molecule has 0 aromatic carbocycles. The molecule has 1 saturated heterocycles. The quantitative estimate of drug-likeness (QED) is 0.459. The lowest BCUT2D eigenvalue weighted by atomic mass is 10.4. The number of carbonyl (C=O) groups excluding carboxylic acids is 1. The van der Waals surface area contributed by atoms with Crippen molar-refractivity contribution in [2.45, 2.75) is 6.92 Å². The molecule has 2 rings (SSSR count). The van der Waals surface area contributed by atoms with Gasteiger partial charge in [-0.15, -0.1) is 0 Å². The Hall–Kier alpha value is -1.29. The fourth-order valence-electron chi connectivity index (χ4n) is 1.27. The highest BCUT2D eigenvalue weighted by molar-refractivity contribution is 8.26. The molecule has 1 fully saturated rings. The Balaban J connectivity index is 2.27. The Bertz CT molecular complexity index is 484. The lowest BCUT2D eigenvalue weighted by molar-refractivity contribution is -0.122. The van der Waals surface area contributed by atoms with Gasteiger partial charge in [0, 0.05) is 12.6 Å². The molecule has 3 nitrogen and oxygen atoms in total. The smallest absolute Gasteiger partial charge is 0.274 e. The van der Waals surface area contributed by atoms with Crippen LogP contribution < -0.4 is 0 Å². The zero-order valence-corrected chi connectivity index (χ0v) is 10.2. The third-order valence-corrected chi connectivity index (χ3v) is 3.42. The molecule has 0 aliphatic carbocycles. The Morgan fingerprint density at radius 3 is 3.06 bits per heavy atom. The summed E-state index contributed by atoms with van der Waals surface area (Å²) in [5.74, 6) is 0.585. The normalized spacial score (nSPS) is 15.6. The molecular formula is C11H9NO2S2. The highest BCUT2D eigenvalue weighted by Gasteiger charge is 2.30. The van der Waals surface area contributed by atoms with Crippen molar-refractivity contribution in [1.29, 1.82) is 0 Å². The molecule has 0 saturated carbocycles.